The van der Waals surface area contributed by atoms with Crippen molar-refractivity contribution in [3.8, 4) is 0 Å². The van der Waals surface area contributed by atoms with Crippen LogP contribution in [0.5, 0.6) is 0 Å². The van der Waals surface area contributed by atoms with Crippen LogP contribution in [0.3, 0.4) is 0 Å². The van der Waals surface area contributed by atoms with Gasteiger partial charge in [0.25, 0.3) is 0 Å². The summed E-state index contributed by atoms with van der Waals surface area (Å²) < 4.78 is 26.1. The number of fused-ring (bicyclic) bond motifs is 1. The number of halogens is 1. The van der Waals surface area contributed by atoms with Gasteiger partial charge in [0.2, 0.25) is 15.9 Å². The largest absolute Gasteiger partial charge is 0.338 e. The molecule has 0 radical (unpaired) electrons. The molecule has 7 nitrogen and oxygen atoms in total. The van der Waals surface area contributed by atoms with Gasteiger partial charge in [0.15, 0.2) is 0 Å². The Bertz CT molecular complexity index is 1150. The van der Waals surface area contributed by atoms with E-state index in [9.17, 15) is 13.2 Å². The van der Waals surface area contributed by atoms with Gasteiger partial charge in [-0.2, -0.15) is 0 Å². The number of sulfonamides is 1. The first kappa shape index (κ1) is 22.7. The third kappa shape index (κ3) is 5.21. The van der Waals surface area contributed by atoms with E-state index in [0.717, 1.165) is 29.2 Å². The molecule has 30 heavy (non-hydrogen) atoms. The molecule has 3 rings (SSSR count). The SMILES string of the molecule is CCCn1c(CCC(=O)N(CC)Cc2ccc(Cl)s2)nc2cc(S(N)(=O)=O)ccc21. The summed E-state index contributed by atoms with van der Waals surface area (Å²) in [5.74, 6) is 0.810. The number of aromatic nitrogens is 2. The zero-order chi connectivity index (χ0) is 21.9. The lowest BCUT2D eigenvalue weighted by atomic mass is 10.2. The van der Waals surface area contributed by atoms with Crippen molar-refractivity contribution in [2.45, 2.75) is 51.1 Å². The van der Waals surface area contributed by atoms with Gasteiger partial charge in [-0.05, 0) is 43.7 Å². The van der Waals surface area contributed by atoms with Crippen molar-refractivity contribution >= 4 is 49.9 Å². The van der Waals surface area contributed by atoms with Crippen LogP contribution in [0.4, 0.5) is 0 Å². The quantitative estimate of drug-likeness (QED) is 0.516. The molecule has 0 aliphatic carbocycles. The van der Waals surface area contributed by atoms with Crippen LogP contribution < -0.4 is 5.14 Å². The van der Waals surface area contributed by atoms with E-state index in [-0.39, 0.29) is 10.8 Å². The fourth-order valence-electron chi connectivity index (χ4n) is 3.38. The minimum absolute atomic E-state index is 0.0329. The van der Waals surface area contributed by atoms with Crippen LogP contribution in [0.15, 0.2) is 35.2 Å². The van der Waals surface area contributed by atoms with Crippen LogP contribution in [0.1, 0.15) is 37.4 Å². The molecule has 0 unspecified atom stereocenters. The molecule has 0 spiro atoms. The summed E-state index contributed by atoms with van der Waals surface area (Å²) in [5.41, 5.74) is 1.41. The fourth-order valence-corrected chi connectivity index (χ4v) is 5.02. The number of hydrogen-bond donors (Lipinski definition) is 1. The van der Waals surface area contributed by atoms with Gasteiger partial charge in [0, 0.05) is 30.8 Å². The molecular weight excluding hydrogens is 444 g/mol. The van der Waals surface area contributed by atoms with Crippen LogP contribution in [-0.4, -0.2) is 35.3 Å². The lowest BCUT2D eigenvalue weighted by Gasteiger charge is -2.20. The Kier molecular flexibility index (Phi) is 7.18. The van der Waals surface area contributed by atoms with Gasteiger partial charge < -0.3 is 9.47 Å². The maximum absolute atomic E-state index is 12.8. The Morgan fingerprint density at radius 3 is 2.63 bits per heavy atom. The maximum atomic E-state index is 12.8. The average molecular weight is 469 g/mol. The van der Waals surface area contributed by atoms with E-state index in [1.165, 1.54) is 23.5 Å². The number of nitrogens with zero attached hydrogens (tertiary/aromatic N) is 3. The van der Waals surface area contributed by atoms with Gasteiger partial charge in [0.1, 0.15) is 5.82 Å². The molecule has 1 amide bonds. The van der Waals surface area contributed by atoms with E-state index >= 15 is 0 Å². The van der Waals surface area contributed by atoms with Gasteiger partial charge >= 0.3 is 0 Å². The summed E-state index contributed by atoms with van der Waals surface area (Å²) in [5, 5.41) is 5.24. The van der Waals surface area contributed by atoms with Crippen molar-refractivity contribution in [1.29, 1.82) is 0 Å². The van der Waals surface area contributed by atoms with Gasteiger partial charge in [-0.15, -0.1) is 11.3 Å². The summed E-state index contributed by atoms with van der Waals surface area (Å²) in [6.45, 7) is 5.89. The third-order valence-corrected chi connectivity index (χ3v) is 6.97. The number of imidazole rings is 1. The number of aryl methyl sites for hydroxylation is 2. The first-order valence-electron chi connectivity index (χ1n) is 9.76. The highest BCUT2D eigenvalue weighted by Gasteiger charge is 2.18. The van der Waals surface area contributed by atoms with Crippen molar-refractivity contribution in [3.63, 3.8) is 0 Å². The van der Waals surface area contributed by atoms with Crippen molar-refractivity contribution in [2.24, 2.45) is 5.14 Å². The molecular formula is C20H25ClN4O3S2. The van der Waals surface area contributed by atoms with Gasteiger partial charge in [-0.1, -0.05) is 18.5 Å². The number of hydrogen-bond acceptors (Lipinski definition) is 5. The van der Waals surface area contributed by atoms with E-state index in [2.05, 4.69) is 11.9 Å². The number of benzene rings is 1. The van der Waals surface area contributed by atoms with E-state index in [1.54, 1.807) is 11.0 Å². The third-order valence-electron chi connectivity index (χ3n) is 4.85. The second-order valence-corrected chi connectivity index (χ2v) is 10.3. The van der Waals surface area contributed by atoms with E-state index in [0.29, 0.717) is 35.8 Å². The predicted molar refractivity (Wildman–Crippen MR) is 120 cm³/mol. The van der Waals surface area contributed by atoms with E-state index in [4.69, 9.17) is 16.7 Å². The van der Waals surface area contributed by atoms with Crippen LogP contribution in [-0.2, 0) is 34.3 Å². The maximum Gasteiger partial charge on any atom is 0.238 e. The molecule has 2 heterocycles. The minimum Gasteiger partial charge on any atom is -0.338 e. The molecule has 1 aromatic carbocycles. The molecule has 2 N–H and O–H groups in total. The number of thiophene rings is 1. The number of nitrogens with two attached hydrogens (primary N) is 1. The molecule has 0 aliphatic rings. The lowest BCUT2D eigenvalue weighted by Crippen LogP contribution is -2.30. The van der Waals surface area contributed by atoms with Crippen LogP contribution in [0.25, 0.3) is 11.0 Å². The second kappa shape index (κ2) is 9.47. The molecule has 0 aliphatic heterocycles. The minimum atomic E-state index is -3.80. The number of primary sulfonamides is 1. The molecule has 0 saturated carbocycles. The molecule has 3 aromatic rings. The molecule has 0 bridgehead atoms. The molecule has 2 aromatic heterocycles. The Balaban J connectivity index is 1.79. The molecule has 162 valence electrons. The van der Waals surface area contributed by atoms with Crippen LogP contribution in [0, 0.1) is 0 Å². The monoisotopic (exact) mass is 468 g/mol. The Labute approximate surface area is 185 Å². The second-order valence-electron chi connectivity index (χ2n) is 6.99. The Hall–Kier alpha value is -1.94. The van der Waals surface area contributed by atoms with Crippen molar-refractivity contribution in [2.75, 3.05) is 6.54 Å². The Morgan fingerprint density at radius 2 is 2.03 bits per heavy atom. The summed E-state index contributed by atoms with van der Waals surface area (Å²) in [4.78, 5) is 20.3. The zero-order valence-electron chi connectivity index (χ0n) is 17.0. The Morgan fingerprint density at radius 1 is 1.27 bits per heavy atom. The number of carbonyl (C=O) groups is 1. The zero-order valence-corrected chi connectivity index (χ0v) is 19.4. The van der Waals surface area contributed by atoms with Gasteiger partial charge in [0.05, 0.1) is 26.8 Å². The first-order valence-corrected chi connectivity index (χ1v) is 12.5. The normalized spacial score (nSPS) is 11.9. The van der Waals surface area contributed by atoms with Crippen molar-refractivity contribution in [3.05, 3.63) is 45.4 Å². The summed E-state index contributed by atoms with van der Waals surface area (Å²) >= 11 is 7.47. The predicted octanol–water partition coefficient (Wildman–Crippen LogP) is 3.79. The van der Waals surface area contributed by atoms with Crippen LogP contribution in [0.2, 0.25) is 4.34 Å². The average Bonchev–Trinajstić information content (AvgIpc) is 3.26. The van der Waals surface area contributed by atoms with Crippen LogP contribution >= 0.6 is 22.9 Å². The number of amides is 1. The van der Waals surface area contributed by atoms with Crippen molar-refractivity contribution in [1.82, 2.24) is 14.5 Å². The highest BCUT2D eigenvalue weighted by molar-refractivity contribution is 7.89. The highest BCUT2D eigenvalue weighted by Crippen LogP contribution is 2.24. The highest BCUT2D eigenvalue weighted by atomic mass is 35.5. The number of rotatable bonds is 9. The van der Waals surface area contributed by atoms with Gasteiger partial charge in [-0.25, -0.2) is 18.5 Å². The fraction of sp³-hybridized carbons (Fsp3) is 0.400. The smallest absolute Gasteiger partial charge is 0.238 e. The number of carbonyl (C=O) groups excluding carboxylic acids is 1. The van der Waals surface area contributed by atoms with E-state index in [1.807, 2.05) is 23.6 Å². The topological polar surface area (TPSA) is 98.3 Å². The summed E-state index contributed by atoms with van der Waals surface area (Å²) in [6, 6.07) is 8.48. The first-order chi connectivity index (χ1) is 14.2. The van der Waals surface area contributed by atoms with Gasteiger partial charge in [-0.3, -0.25) is 4.79 Å². The summed E-state index contributed by atoms with van der Waals surface area (Å²) in [7, 11) is -3.80. The standard InChI is InChI=1S/C20H25ClN4O3S2/c1-3-11-25-17-7-6-15(30(22,27)28)12-16(17)23-19(25)9-10-20(26)24(4-2)13-14-5-8-18(21)29-14/h5-8,12H,3-4,9-11,13H2,1-2H3,(H2,22,27,28). The lowest BCUT2D eigenvalue weighted by molar-refractivity contribution is -0.131. The van der Waals surface area contributed by atoms with E-state index < -0.39 is 10.0 Å². The molecule has 0 saturated heterocycles. The van der Waals surface area contributed by atoms with Crippen molar-refractivity contribution < 1.29 is 13.2 Å². The molecule has 10 heteroatoms. The summed E-state index contributed by atoms with van der Waals surface area (Å²) in [6.07, 6.45) is 1.69. The molecule has 0 fully saturated rings. The molecule has 0 atom stereocenters.